The fourth-order valence-corrected chi connectivity index (χ4v) is 4.97. The van der Waals surface area contributed by atoms with Crippen molar-refractivity contribution < 1.29 is 4.79 Å². The number of amides is 1. The lowest BCUT2D eigenvalue weighted by Gasteiger charge is -2.36. The third kappa shape index (κ3) is 4.20. The number of carbonyl (C=O) groups excluding carboxylic acids is 1. The van der Waals surface area contributed by atoms with Gasteiger partial charge >= 0.3 is 5.69 Å². The van der Waals surface area contributed by atoms with Crippen LogP contribution in [0.5, 0.6) is 0 Å². The monoisotopic (exact) mass is 441 g/mol. The van der Waals surface area contributed by atoms with Gasteiger partial charge in [-0.15, -0.1) is 11.3 Å². The minimum absolute atomic E-state index is 0.124. The Morgan fingerprint density at radius 1 is 1.26 bits per heavy atom. The Bertz CT molecular complexity index is 1210. The van der Waals surface area contributed by atoms with Crippen LogP contribution >= 0.6 is 11.3 Å². The number of nitrogens with zero attached hydrogens (tertiary/aromatic N) is 4. The van der Waals surface area contributed by atoms with Gasteiger partial charge < -0.3 is 5.32 Å². The van der Waals surface area contributed by atoms with Crippen LogP contribution in [-0.2, 0) is 14.1 Å². The molecule has 31 heavy (non-hydrogen) atoms. The van der Waals surface area contributed by atoms with Crippen molar-refractivity contribution in [1.29, 1.82) is 0 Å². The van der Waals surface area contributed by atoms with Crippen LogP contribution < -0.4 is 16.6 Å². The van der Waals surface area contributed by atoms with E-state index in [0.717, 1.165) is 36.4 Å². The molecule has 8 nitrogen and oxygen atoms in total. The second-order valence-corrected chi connectivity index (χ2v) is 9.24. The maximum atomic E-state index is 12.9. The van der Waals surface area contributed by atoms with Crippen LogP contribution in [-0.4, -0.2) is 44.6 Å². The van der Waals surface area contributed by atoms with Gasteiger partial charge in [-0.05, 0) is 49.4 Å². The Hall–Kier alpha value is -2.78. The van der Waals surface area contributed by atoms with Gasteiger partial charge in [0.05, 0.1) is 17.0 Å². The normalized spacial score (nSPS) is 16.5. The minimum Gasteiger partial charge on any atom is -0.350 e. The highest BCUT2D eigenvalue weighted by molar-refractivity contribution is 7.10. The number of piperidine rings is 1. The molecule has 1 atom stereocenters. The summed E-state index contributed by atoms with van der Waals surface area (Å²) in [6.45, 7) is 4.80. The van der Waals surface area contributed by atoms with E-state index in [1.54, 1.807) is 18.4 Å². The van der Waals surface area contributed by atoms with Gasteiger partial charge in [0, 0.05) is 31.7 Å². The van der Waals surface area contributed by atoms with Crippen molar-refractivity contribution in [3.63, 3.8) is 0 Å². The van der Waals surface area contributed by atoms with Crippen molar-refractivity contribution >= 4 is 28.3 Å². The van der Waals surface area contributed by atoms with Gasteiger partial charge in [0.2, 0.25) is 0 Å². The van der Waals surface area contributed by atoms with E-state index in [1.807, 2.05) is 6.07 Å². The van der Waals surface area contributed by atoms with Gasteiger partial charge in [-0.25, -0.2) is 9.78 Å². The van der Waals surface area contributed by atoms with Crippen molar-refractivity contribution in [2.75, 3.05) is 19.6 Å². The number of rotatable bonds is 5. The molecule has 9 heteroatoms. The molecule has 0 bridgehead atoms. The van der Waals surface area contributed by atoms with Crippen LogP contribution in [0.1, 0.15) is 41.0 Å². The summed E-state index contributed by atoms with van der Waals surface area (Å²) < 4.78 is 2.33. The number of pyridine rings is 1. The lowest BCUT2D eigenvalue weighted by atomic mass is 9.97. The standard InChI is InChI=1S/C22H27N5O3S/c1-14-6-8-27(9-7-14)17(18-5-4-10-31-18)13-24-20(28)15-11-16-19(23-12-15)25(2)22(30)26(3)21(16)29/h4-5,10-12,14,17H,6-9,13H2,1-3H3,(H,24,28). The zero-order chi connectivity index (χ0) is 22.1. The first-order chi connectivity index (χ1) is 14.9. The van der Waals surface area contributed by atoms with Crippen LogP contribution in [0.3, 0.4) is 0 Å². The highest BCUT2D eigenvalue weighted by Crippen LogP contribution is 2.29. The van der Waals surface area contributed by atoms with Gasteiger partial charge in [-0.2, -0.15) is 0 Å². The van der Waals surface area contributed by atoms with E-state index in [2.05, 4.69) is 33.6 Å². The highest BCUT2D eigenvalue weighted by atomic mass is 32.1. The summed E-state index contributed by atoms with van der Waals surface area (Å²) in [4.78, 5) is 45.4. The van der Waals surface area contributed by atoms with Crippen molar-refractivity contribution in [1.82, 2.24) is 24.3 Å². The molecule has 3 aromatic rings. The van der Waals surface area contributed by atoms with Crippen LogP contribution in [0.2, 0.25) is 0 Å². The number of hydrogen-bond acceptors (Lipinski definition) is 6. The Morgan fingerprint density at radius 3 is 2.68 bits per heavy atom. The van der Waals surface area contributed by atoms with Crippen LogP contribution in [0, 0.1) is 5.92 Å². The average Bonchev–Trinajstić information content (AvgIpc) is 3.31. The maximum absolute atomic E-state index is 12.9. The SMILES string of the molecule is CC1CCN(C(CNC(=O)c2cnc3c(c2)c(=O)n(C)c(=O)n3C)c2cccs2)CC1. The van der Waals surface area contributed by atoms with Gasteiger partial charge in [-0.1, -0.05) is 13.0 Å². The number of fused-ring (bicyclic) bond motifs is 1. The Labute approximate surface area is 184 Å². The summed E-state index contributed by atoms with van der Waals surface area (Å²) in [6.07, 6.45) is 3.73. The Balaban J connectivity index is 1.56. The summed E-state index contributed by atoms with van der Waals surface area (Å²) in [5.41, 5.74) is -0.333. The molecule has 164 valence electrons. The molecule has 1 fully saturated rings. The first-order valence-electron chi connectivity index (χ1n) is 10.5. The number of aromatic nitrogens is 3. The predicted octanol–water partition coefficient (Wildman–Crippen LogP) is 1.90. The highest BCUT2D eigenvalue weighted by Gasteiger charge is 2.26. The molecule has 1 saturated heterocycles. The third-order valence-corrected chi connectivity index (χ3v) is 7.12. The average molecular weight is 442 g/mol. The zero-order valence-electron chi connectivity index (χ0n) is 18.0. The van der Waals surface area contributed by atoms with E-state index in [4.69, 9.17) is 0 Å². The van der Waals surface area contributed by atoms with Crippen LogP contribution in [0.15, 0.2) is 39.4 Å². The first kappa shape index (κ1) is 21.5. The molecule has 0 aromatic carbocycles. The van der Waals surface area contributed by atoms with E-state index in [-0.39, 0.29) is 23.0 Å². The number of hydrogen-bond donors (Lipinski definition) is 1. The molecule has 3 aromatic heterocycles. The molecule has 0 saturated carbocycles. The number of thiophene rings is 1. The van der Waals surface area contributed by atoms with Gasteiger partial charge in [-0.3, -0.25) is 23.6 Å². The van der Waals surface area contributed by atoms with Crippen LogP contribution in [0.25, 0.3) is 11.0 Å². The molecular weight excluding hydrogens is 414 g/mol. The smallest absolute Gasteiger partial charge is 0.332 e. The van der Waals surface area contributed by atoms with E-state index in [1.165, 1.54) is 28.8 Å². The summed E-state index contributed by atoms with van der Waals surface area (Å²) in [5, 5.41) is 5.34. The Morgan fingerprint density at radius 2 is 2.00 bits per heavy atom. The topological polar surface area (TPSA) is 89.2 Å². The fourth-order valence-electron chi connectivity index (χ4n) is 4.11. The molecule has 1 amide bonds. The van der Waals surface area contributed by atoms with Crippen molar-refractivity contribution in [2.24, 2.45) is 20.0 Å². The van der Waals surface area contributed by atoms with E-state index in [9.17, 15) is 14.4 Å². The number of likely N-dealkylation sites (tertiary alicyclic amines) is 1. The van der Waals surface area contributed by atoms with E-state index in [0.29, 0.717) is 12.1 Å². The van der Waals surface area contributed by atoms with Crippen molar-refractivity contribution in [3.05, 3.63) is 61.1 Å². The largest absolute Gasteiger partial charge is 0.350 e. The second kappa shape index (κ2) is 8.76. The van der Waals surface area contributed by atoms with Crippen LogP contribution in [0.4, 0.5) is 0 Å². The molecule has 1 N–H and O–H groups in total. The zero-order valence-corrected chi connectivity index (χ0v) is 18.8. The summed E-state index contributed by atoms with van der Waals surface area (Å²) in [6, 6.07) is 5.79. The maximum Gasteiger partial charge on any atom is 0.332 e. The molecule has 0 aliphatic carbocycles. The minimum atomic E-state index is -0.459. The van der Waals surface area contributed by atoms with Crippen molar-refractivity contribution in [3.8, 4) is 0 Å². The van der Waals surface area contributed by atoms with E-state index < -0.39 is 11.2 Å². The van der Waals surface area contributed by atoms with Gasteiger partial charge in [0.1, 0.15) is 5.65 Å². The summed E-state index contributed by atoms with van der Waals surface area (Å²) in [7, 11) is 2.98. The van der Waals surface area contributed by atoms with Gasteiger partial charge in [0.15, 0.2) is 0 Å². The third-order valence-electron chi connectivity index (χ3n) is 6.14. The second-order valence-electron chi connectivity index (χ2n) is 8.26. The number of nitrogens with one attached hydrogen (secondary N) is 1. The molecular formula is C22H27N5O3S. The number of carbonyl (C=O) groups is 1. The lowest BCUT2D eigenvalue weighted by Crippen LogP contribution is -2.41. The first-order valence-corrected chi connectivity index (χ1v) is 11.4. The van der Waals surface area contributed by atoms with Crippen molar-refractivity contribution in [2.45, 2.75) is 25.8 Å². The van der Waals surface area contributed by atoms with Gasteiger partial charge in [0.25, 0.3) is 11.5 Å². The molecule has 4 rings (SSSR count). The lowest BCUT2D eigenvalue weighted by molar-refractivity contribution is 0.0914. The predicted molar refractivity (Wildman–Crippen MR) is 122 cm³/mol. The Kier molecular flexibility index (Phi) is 6.06. The molecule has 1 aliphatic rings. The number of aryl methyl sites for hydroxylation is 1. The fraction of sp³-hybridized carbons (Fsp3) is 0.455. The molecule has 1 unspecified atom stereocenters. The van der Waals surface area contributed by atoms with E-state index >= 15 is 0 Å². The summed E-state index contributed by atoms with van der Waals surface area (Å²) >= 11 is 1.70. The molecule has 4 heterocycles. The molecule has 0 spiro atoms. The quantitative estimate of drug-likeness (QED) is 0.653. The summed E-state index contributed by atoms with van der Waals surface area (Å²) in [5.74, 6) is 0.453. The molecule has 1 aliphatic heterocycles. The molecule has 0 radical (unpaired) electrons.